The molecule has 0 aliphatic carbocycles. The number of aryl methyl sites for hydroxylation is 1. The fourth-order valence-electron chi connectivity index (χ4n) is 2.13. The largest absolute Gasteiger partial charge is 0.416 e. The minimum atomic E-state index is -4.46. The van der Waals surface area contributed by atoms with E-state index in [0.29, 0.717) is 11.5 Å². The summed E-state index contributed by atoms with van der Waals surface area (Å²) in [7, 11) is 0. The van der Waals surface area contributed by atoms with E-state index < -0.39 is 17.6 Å². The zero-order valence-corrected chi connectivity index (χ0v) is 13.4. The van der Waals surface area contributed by atoms with Gasteiger partial charge in [0.2, 0.25) is 5.95 Å². The summed E-state index contributed by atoms with van der Waals surface area (Å²) in [5.41, 5.74) is -0.277. The van der Waals surface area contributed by atoms with Crippen LogP contribution >= 0.6 is 0 Å². The molecule has 0 aliphatic heterocycles. The van der Waals surface area contributed by atoms with E-state index in [-0.39, 0.29) is 17.3 Å². The number of pyridine rings is 1. The van der Waals surface area contributed by atoms with Crippen molar-refractivity contribution >= 4 is 11.9 Å². The maximum Gasteiger partial charge on any atom is 0.416 e. The molecule has 0 saturated heterocycles. The van der Waals surface area contributed by atoms with Gasteiger partial charge in [-0.2, -0.15) is 23.1 Å². The highest BCUT2D eigenvalue weighted by Crippen LogP contribution is 2.29. The van der Waals surface area contributed by atoms with Gasteiger partial charge < -0.3 is 0 Å². The Hall–Kier alpha value is -3.36. The number of amides is 1. The molecule has 0 saturated carbocycles. The molecule has 1 N–H and O–H groups in total. The standard InChI is InChI=1S/C17H12F3N5O/c1-10-22-14(13-4-2-3-9-21-13)24-16(23-10)25-15(26)11-5-7-12(8-6-11)17(18,19)20/h2-9H,1H3,(H,22,23,24,25,26). The normalized spacial score (nSPS) is 11.2. The molecule has 3 rings (SSSR count). The van der Waals surface area contributed by atoms with E-state index in [1.54, 1.807) is 31.3 Å². The molecule has 0 radical (unpaired) electrons. The SMILES string of the molecule is Cc1nc(NC(=O)c2ccc(C(F)(F)F)cc2)nc(-c2ccccn2)n1. The molecule has 0 fully saturated rings. The molecule has 1 amide bonds. The number of aromatic nitrogens is 4. The van der Waals surface area contributed by atoms with Gasteiger partial charge in [0.1, 0.15) is 11.5 Å². The first-order valence-electron chi connectivity index (χ1n) is 7.45. The number of carbonyl (C=O) groups is 1. The summed E-state index contributed by atoms with van der Waals surface area (Å²) in [6, 6.07) is 9.07. The van der Waals surface area contributed by atoms with E-state index in [4.69, 9.17) is 0 Å². The molecule has 0 unspecified atom stereocenters. The summed E-state index contributed by atoms with van der Waals surface area (Å²) >= 11 is 0. The van der Waals surface area contributed by atoms with E-state index in [1.807, 2.05) is 0 Å². The molecule has 2 heterocycles. The van der Waals surface area contributed by atoms with Gasteiger partial charge in [0, 0.05) is 11.8 Å². The predicted molar refractivity (Wildman–Crippen MR) is 87.2 cm³/mol. The van der Waals surface area contributed by atoms with Gasteiger partial charge in [-0.3, -0.25) is 15.1 Å². The molecule has 1 aromatic carbocycles. The molecule has 6 nitrogen and oxygen atoms in total. The third-order valence-corrected chi connectivity index (χ3v) is 3.34. The Balaban J connectivity index is 1.82. The highest BCUT2D eigenvalue weighted by molar-refractivity contribution is 6.03. The molecular formula is C17H12F3N5O. The Morgan fingerprint density at radius 1 is 1.00 bits per heavy atom. The highest BCUT2D eigenvalue weighted by Gasteiger charge is 2.30. The van der Waals surface area contributed by atoms with E-state index in [0.717, 1.165) is 24.3 Å². The third-order valence-electron chi connectivity index (χ3n) is 3.34. The Labute approximate surface area is 146 Å². The Morgan fingerprint density at radius 2 is 1.73 bits per heavy atom. The lowest BCUT2D eigenvalue weighted by Crippen LogP contribution is -2.16. The number of anilines is 1. The molecule has 0 spiro atoms. The molecule has 0 aliphatic rings. The number of nitrogens with zero attached hydrogens (tertiary/aromatic N) is 4. The van der Waals surface area contributed by atoms with E-state index in [2.05, 4.69) is 25.3 Å². The number of hydrogen-bond donors (Lipinski definition) is 1. The van der Waals surface area contributed by atoms with Crippen LogP contribution in [-0.4, -0.2) is 25.8 Å². The summed E-state index contributed by atoms with van der Waals surface area (Å²) in [4.78, 5) is 28.7. The van der Waals surface area contributed by atoms with E-state index in [9.17, 15) is 18.0 Å². The van der Waals surface area contributed by atoms with Crippen LogP contribution in [0.1, 0.15) is 21.7 Å². The molecule has 2 aromatic heterocycles. The summed E-state index contributed by atoms with van der Waals surface area (Å²) in [5, 5.41) is 2.46. The molecular weight excluding hydrogens is 347 g/mol. The number of alkyl halides is 3. The second kappa shape index (κ2) is 6.87. The number of benzene rings is 1. The minimum Gasteiger partial charge on any atom is -0.290 e. The first-order chi connectivity index (χ1) is 12.3. The fourth-order valence-corrected chi connectivity index (χ4v) is 2.13. The number of hydrogen-bond acceptors (Lipinski definition) is 5. The highest BCUT2D eigenvalue weighted by atomic mass is 19.4. The maximum atomic E-state index is 12.6. The van der Waals surface area contributed by atoms with Gasteiger partial charge in [-0.05, 0) is 43.3 Å². The summed E-state index contributed by atoms with van der Waals surface area (Å²) in [5.74, 6) is 0.00328. The molecule has 9 heteroatoms. The summed E-state index contributed by atoms with van der Waals surface area (Å²) < 4.78 is 37.8. The first kappa shape index (κ1) is 17.5. The van der Waals surface area contributed by atoms with Crippen LogP contribution in [0.5, 0.6) is 0 Å². The lowest BCUT2D eigenvalue weighted by molar-refractivity contribution is -0.137. The van der Waals surface area contributed by atoms with Gasteiger partial charge in [0.25, 0.3) is 5.91 Å². The maximum absolute atomic E-state index is 12.6. The van der Waals surface area contributed by atoms with Crippen LogP contribution in [-0.2, 0) is 6.18 Å². The Bertz CT molecular complexity index is 927. The average molecular weight is 359 g/mol. The zero-order valence-electron chi connectivity index (χ0n) is 13.4. The van der Waals surface area contributed by atoms with Crippen molar-refractivity contribution in [1.82, 2.24) is 19.9 Å². The van der Waals surface area contributed by atoms with Crippen molar-refractivity contribution in [1.29, 1.82) is 0 Å². The number of halogens is 3. The van der Waals surface area contributed by atoms with Crippen LogP contribution in [0.2, 0.25) is 0 Å². The van der Waals surface area contributed by atoms with Crippen molar-refractivity contribution < 1.29 is 18.0 Å². The zero-order chi connectivity index (χ0) is 18.7. The van der Waals surface area contributed by atoms with Crippen LogP contribution in [0.25, 0.3) is 11.5 Å². The summed E-state index contributed by atoms with van der Waals surface area (Å²) in [6.07, 6.45) is -2.88. The van der Waals surface area contributed by atoms with Crippen molar-refractivity contribution in [2.24, 2.45) is 0 Å². The van der Waals surface area contributed by atoms with Crippen molar-refractivity contribution in [3.8, 4) is 11.5 Å². The fraction of sp³-hybridized carbons (Fsp3) is 0.118. The van der Waals surface area contributed by atoms with Gasteiger partial charge in [0.15, 0.2) is 5.82 Å². The summed E-state index contributed by atoms with van der Waals surface area (Å²) in [6.45, 7) is 1.63. The second-order valence-corrected chi connectivity index (χ2v) is 5.27. The first-order valence-corrected chi connectivity index (χ1v) is 7.45. The monoisotopic (exact) mass is 359 g/mol. The molecule has 0 bridgehead atoms. The van der Waals surface area contributed by atoms with Crippen LogP contribution < -0.4 is 5.32 Å². The topological polar surface area (TPSA) is 80.7 Å². The van der Waals surface area contributed by atoms with Gasteiger partial charge in [0.05, 0.1) is 5.56 Å². The second-order valence-electron chi connectivity index (χ2n) is 5.27. The van der Waals surface area contributed by atoms with E-state index in [1.165, 1.54) is 0 Å². The van der Waals surface area contributed by atoms with Crippen LogP contribution in [0, 0.1) is 6.92 Å². The third kappa shape index (κ3) is 4.00. The van der Waals surface area contributed by atoms with Crippen LogP contribution in [0.4, 0.5) is 19.1 Å². The molecule has 3 aromatic rings. The van der Waals surface area contributed by atoms with Gasteiger partial charge in [-0.25, -0.2) is 4.98 Å². The molecule has 26 heavy (non-hydrogen) atoms. The van der Waals surface area contributed by atoms with Gasteiger partial charge in [-0.1, -0.05) is 6.07 Å². The lowest BCUT2D eigenvalue weighted by atomic mass is 10.1. The number of carbonyl (C=O) groups excluding carboxylic acids is 1. The Kier molecular flexibility index (Phi) is 4.61. The van der Waals surface area contributed by atoms with E-state index >= 15 is 0 Å². The predicted octanol–water partition coefficient (Wildman–Crippen LogP) is 3.51. The number of nitrogens with one attached hydrogen (secondary N) is 1. The smallest absolute Gasteiger partial charge is 0.290 e. The Morgan fingerprint density at radius 3 is 2.35 bits per heavy atom. The van der Waals surface area contributed by atoms with Crippen LogP contribution in [0.15, 0.2) is 48.7 Å². The molecule has 0 atom stereocenters. The molecule has 132 valence electrons. The van der Waals surface area contributed by atoms with Crippen molar-refractivity contribution in [2.45, 2.75) is 13.1 Å². The number of rotatable bonds is 3. The average Bonchev–Trinajstić information content (AvgIpc) is 2.61. The van der Waals surface area contributed by atoms with Crippen molar-refractivity contribution in [2.75, 3.05) is 5.32 Å². The van der Waals surface area contributed by atoms with Gasteiger partial charge >= 0.3 is 6.18 Å². The minimum absolute atomic E-state index is 0.0111. The van der Waals surface area contributed by atoms with Crippen molar-refractivity contribution in [3.05, 3.63) is 65.6 Å². The quantitative estimate of drug-likeness (QED) is 0.774. The lowest BCUT2D eigenvalue weighted by Gasteiger charge is -2.08. The van der Waals surface area contributed by atoms with Gasteiger partial charge in [-0.15, -0.1) is 0 Å². The van der Waals surface area contributed by atoms with Crippen LogP contribution in [0.3, 0.4) is 0 Å². The van der Waals surface area contributed by atoms with Crippen molar-refractivity contribution in [3.63, 3.8) is 0 Å².